The number of aromatic nitrogens is 1. The number of hydrogen-bond acceptors (Lipinski definition) is 3. The summed E-state index contributed by atoms with van der Waals surface area (Å²) in [6.45, 7) is 3.88. The highest BCUT2D eigenvalue weighted by atomic mass is 32.2. The average molecular weight is 225 g/mol. The van der Waals surface area contributed by atoms with Crippen molar-refractivity contribution in [1.29, 1.82) is 0 Å². The molecule has 0 radical (unpaired) electrons. The Morgan fingerprint density at radius 1 is 1.67 bits per heavy atom. The summed E-state index contributed by atoms with van der Waals surface area (Å²) < 4.78 is 0. The van der Waals surface area contributed by atoms with Crippen molar-refractivity contribution in [2.75, 3.05) is 0 Å². The molecule has 1 heterocycles. The third-order valence-electron chi connectivity index (χ3n) is 2.19. The second-order valence-electron chi connectivity index (χ2n) is 3.31. The van der Waals surface area contributed by atoms with Crippen molar-refractivity contribution in [1.82, 2.24) is 4.98 Å². The SMILES string of the molecule is CCC(SCc1ncccc1C)C(=O)O. The van der Waals surface area contributed by atoms with Crippen molar-refractivity contribution in [3.63, 3.8) is 0 Å². The van der Waals surface area contributed by atoms with Crippen molar-refractivity contribution in [2.24, 2.45) is 0 Å². The van der Waals surface area contributed by atoms with Crippen LogP contribution in [0.4, 0.5) is 0 Å². The first-order valence-electron chi connectivity index (χ1n) is 4.90. The molecule has 0 bridgehead atoms. The fourth-order valence-electron chi connectivity index (χ4n) is 1.21. The zero-order valence-electron chi connectivity index (χ0n) is 8.93. The lowest BCUT2D eigenvalue weighted by Gasteiger charge is -2.09. The van der Waals surface area contributed by atoms with Gasteiger partial charge in [0.15, 0.2) is 0 Å². The zero-order valence-corrected chi connectivity index (χ0v) is 9.75. The highest BCUT2D eigenvalue weighted by Gasteiger charge is 2.15. The van der Waals surface area contributed by atoms with E-state index < -0.39 is 5.97 Å². The maximum absolute atomic E-state index is 10.8. The van der Waals surface area contributed by atoms with Crippen LogP contribution < -0.4 is 0 Å². The lowest BCUT2D eigenvalue weighted by atomic mass is 10.2. The number of pyridine rings is 1. The van der Waals surface area contributed by atoms with Gasteiger partial charge in [0.05, 0.1) is 5.69 Å². The van der Waals surface area contributed by atoms with E-state index in [9.17, 15) is 4.79 Å². The highest BCUT2D eigenvalue weighted by molar-refractivity contribution is 7.99. The van der Waals surface area contributed by atoms with E-state index in [1.165, 1.54) is 11.8 Å². The minimum Gasteiger partial charge on any atom is -0.480 e. The molecular formula is C11H15NO2S. The lowest BCUT2D eigenvalue weighted by molar-refractivity contribution is -0.136. The summed E-state index contributed by atoms with van der Waals surface area (Å²) >= 11 is 1.43. The van der Waals surface area contributed by atoms with E-state index in [2.05, 4.69) is 4.98 Å². The average Bonchev–Trinajstić information content (AvgIpc) is 2.21. The standard InChI is InChI=1S/C11H15NO2S/c1-3-10(11(13)14)15-7-9-8(2)5-4-6-12-9/h4-6,10H,3,7H2,1-2H3,(H,13,14). The van der Waals surface area contributed by atoms with E-state index in [-0.39, 0.29) is 5.25 Å². The molecule has 0 saturated heterocycles. The molecule has 0 aromatic carbocycles. The number of aliphatic carboxylic acids is 1. The van der Waals surface area contributed by atoms with Gasteiger partial charge in [0.1, 0.15) is 5.25 Å². The number of carboxylic acids is 1. The van der Waals surface area contributed by atoms with Gasteiger partial charge in [-0.3, -0.25) is 9.78 Å². The summed E-state index contributed by atoms with van der Waals surface area (Å²) in [5.74, 6) is -0.0756. The van der Waals surface area contributed by atoms with Gasteiger partial charge in [-0.05, 0) is 25.0 Å². The van der Waals surface area contributed by atoms with Gasteiger partial charge in [-0.2, -0.15) is 0 Å². The van der Waals surface area contributed by atoms with Crippen LogP contribution in [0.1, 0.15) is 24.6 Å². The molecule has 0 aliphatic carbocycles. The second-order valence-corrected chi connectivity index (χ2v) is 4.50. The third kappa shape index (κ3) is 3.55. The van der Waals surface area contributed by atoms with E-state index in [0.717, 1.165) is 11.3 Å². The van der Waals surface area contributed by atoms with Crippen molar-refractivity contribution >= 4 is 17.7 Å². The molecule has 0 aliphatic rings. The number of rotatable bonds is 5. The maximum atomic E-state index is 10.8. The van der Waals surface area contributed by atoms with Gasteiger partial charge < -0.3 is 5.11 Å². The molecule has 0 saturated carbocycles. The summed E-state index contributed by atoms with van der Waals surface area (Å²) in [6, 6.07) is 3.88. The molecule has 0 aliphatic heterocycles. The van der Waals surface area contributed by atoms with Gasteiger partial charge in [0, 0.05) is 11.9 Å². The topological polar surface area (TPSA) is 50.2 Å². The normalized spacial score (nSPS) is 12.4. The molecule has 1 N–H and O–H groups in total. The van der Waals surface area contributed by atoms with Crippen molar-refractivity contribution in [3.8, 4) is 0 Å². The Balaban J connectivity index is 2.56. The van der Waals surface area contributed by atoms with Crippen LogP contribution in [0.25, 0.3) is 0 Å². The highest BCUT2D eigenvalue weighted by Crippen LogP contribution is 2.20. The van der Waals surface area contributed by atoms with E-state index >= 15 is 0 Å². The van der Waals surface area contributed by atoms with E-state index in [1.54, 1.807) is 6.20 Å². The number of aryl methyl sites for hydroxylation is 1. The van der Waals surface area contributed by atoms with E-state index in [0.29, 0.717) is 12.2 Å². The van der Waals surface area contributed by atoms with Gasteiger partial charge in [-0.25, -0.2) is 0 Å². The molecule has 1 rings (SSSR count). The maximum Gasteiger partial charge on any atom is 0.316 e. The predicted molar refractivity (Wildman–Crippen MR) is 62.0 cm³/mol. The Kier molecular flexibility index (Phi) is 4.62. The second kappa shape index (κ2) is 5.75. The summed E-state index contributed by atoms with van der Waals surface area (Å²) in [6.07, 6.45) is 2.39. The predicted octanol–water partition coefficient (Wildman–Crippen LogP) is 2.49. The first-order valence-corrected chi connectivity index (χ1v) is 5.95. The Hall–Kier alpha value is -1.03. The molecule has 3 nitrogen and oxygen atoms in total. The van der Waals surface area contributed by atoms with E-state index in [1.807, 2.05) is 26.0 Å². The summed E-state index contributed by atoms with van der Waals surface area (Å²) in [7, 11) is 0. The smallest absolute Gasteiger partial charge is 0.316 e. The Morgan fingerprint density at radius 3 is 2.93 bits per heavy atom. The zero-order chi connectivity index (χ0) is 11.3. The van der Waals surface area contributed by atoms with Crippen LogP contribution in [-0.4, -0.2) is 21.3 Å². The molecule has 1 aromatic heterocycles. The molecule has 1 atom stereocenters. The number of carbonyl (C=O) groups is 1. The third-order valence-corrected chi connectivity index (χ3v) is 3.56. The Labute approximate surface area is 93.9 Å². The number of hydrogen-bond donors (Lipinski definition) is 1. The Morgan fingerprint density at radius 2 is 2.40 bits per heavy atom. The van der Waals surface area contributed by atoms with Crippen LogP contribution in [0.2, 0.25) is 0 Å². The lowest BCUT2D eigenvalue weighted by Crippen LogP contribution is -2.15. The monoisotopic (exact) mass is 225 g/mol. The molecule has 0 fully saturated rings. The molecule has 1 aromatic rings. The summed E-state index contributed by atoms with van der Waals surface area (Å²) in [4.78, 5) is 15.0. The van der Waals surface area contributed by atoms with E-state index in [4.69, 9.17) is 5.11 Å². The van der Waals surface area contributed by atoms with Gasteiger partial charge in [-0.1, -0.05) is 13.0 Å². The Bertz CT molecular complexity index is 341. The van der Waals surface area contributed by atoms with Crippen LogP contribution in [0.5, 0.6) is 0 Å². The minimum atomic E-state index is -0.740. The largest absolute Gasteiger partial charge is 0.480 e. The fourth-order valence-corrected chi connectivity index (χ4v) is 2.25. The molecule has 0 spiro atoms. The molecule has 82 valence electrons. The first kappa shape index (κ1) is 12.0. The minimum absolute atomic E-state index is 0.327. The van der Waals surface area contributed by atoms with Crippen molar-refractivity contribution < 1.29 is 9.90 Å². The first-order chi connectivity index (χ1) is 7.15. The van der Waals surface area contributed by atoms with Crippen LogP contribution in [0.15, 0.2) is 18.3 Å². The van der Waals surface area contributed by atoms with Gasteiger partial charge in [0.2, 0.25) is 0 Å². The quantitative estimate of drug-likeness (QED) is 0.836. The van der Waals surface area contributed by atoms with Crippen LogP contribution in [0.3, 0.4) is 0 Å². The van der Waals surface area contributed by atoms with Gasteiger partial charge >= 0.3 is 5.97 Å². The molecule has 0 amide bonds. The van der Waals surface area contributed by atoms with Crippen molar-refractivity contribution in [2.45, 2.75) is 31.3 Å². The van der Waals surface area contributed by atoms with Gasteiger partial charge in [0.25, 0.3) is 0 Å². The van der Waals surface area contributed by atoms with Crippen LogP contribution in [-0.2, 0) is 10.5 Å². The van der Waals surface area contributed by atoms with Crippen LogP contribution >= 0.6 is 11.8 Å². The fraction of sp³-hybridized carbons (Fsp3) is 0.455. The number of carboxylic acid groups (broad SMARTS) is 1. The molecule has 15 heavy (non-hydrogen) atoms. The summed E-state index contributed by atoms with van der Waals surface area (Å²) in [5.41, 5.74) is 2.09. The number of nitrogens with zero attached hydrogens (tertiary/aromatic N) is 1. The summed E-state index contributed by atoms with van der Waals surface area (Å²) in [5, 5.41) is 8.55. The number of thioether (sulfide) groups is 1. The molecule has 4 heteroatoms. The van der Waals surface area contributed by atoms with Crippen LogP contribution in [0, 0.1) is 6.92 Å². The van der Waals surface area contributed by atoms with Gasteiger partial charge in [-0.15, -0.1) is 11.8 Å². The molecular weight excluding hydrogens is 210 g/mol. The molecule has 1 unspecified atom stereocenters. The van der Waals surface area contributed by atoms with Crippen molar-refractivity contribution in [3.05, 3.63) is 29.6 Å².